The van der Waals surface area contributed by atoms with Crippen LogP contribution >= 0.6 is 7.82 Å². The second-order valence-corrected chi connectivity index (χ2v) is 19.6. The number of quaternary nitrogens is 1. The molecule has 0 saturated heterocycles. The fourth-order valence-corrected chi connectivity index (χ4v) is 7.95. The predicted octanol–water partition coefficient (Wildman–Crippen LogP) is 14.1. The molecule has 0 aliphatic rings. The summed E-state index contributed by atoms with van der Waals surface area (Å²) >= 11 is 0. The Hall–Kier alpha value is -1.02. The Morgan fingerprint density at radius 1 is 0.569 bits per heavy atom. The van der Waals surface area contributed by atoms with Gasteiger partial charge in [-0.15, -0.1) is 0 Å². The van der Waals surface area contributed by atoms with Crippen molar-refractivity contribution in [1.29, 1.82) is 0 Å². The number of likely N-dealkylation sites (N-methyl/N-ethyl adjacent to an activating group) is 1. The molecular weight excluding hydrogens is 744 g/mol. The van der Waals surface area contributed by atoms with E-state index in [9.17, 15) is 19.4 Å². The van der Waals surface area contributed by atoms with Gasteiger partial charge in [-0.3, -0.25) is 13.8 Å². The van der Waals surface area contributed by atoms with Crippen LogP contribution in [0.4, 0.5) is 0 Å². The molecule has 0 radical (unpaired) electrons. The monoisotopic (exact) mass is 842 g/mol. The van der Waals surface area contributed by atoms with Crippen LogP contribution in [0.2, 0.25) is 0 Å². The van der Waals surface area contributed by atoms with Gasteiger partial charge in [-0.1, -0.05) is 205 Å². The largest absolute Gasteiger partial charge is 0.472 e. The lowest BCUT2D eigenvalue weighted by Gasteiger charge is -2.25. The number of amides is 1. The summed E-state index contributed by atoms with van der Waals surface area (Å²) < 4.78 is 23.5. The molecule has 0 rings (SSSR count). The van der Waals surface area contributed by atoms with Gasteiger partial charge in [-0.25, -0.2) is 4.57 Å². The van der Waals surface area contributed by atoms with Crippen LogP contribution in [0.5, 0.6) is 0 Å². The summed E-state index contributed by atoms with van der Waals surface area (Å²) in [5.41, 5.74) is 0. The van der Waals surface area contributed by atoms with Crippen LogP contribution in [0.15, 0.2) is 24.3 Å². The zero-order valence-electron chi connectivity index (χ0n) is 39.0. The number of aliphatic hydroxyl groups is 1. The maximum absolute atomic E-state index is 12.9. The van der Waals surface area contributed by atoms with Crippen molar-refractivity contribution in [3.8, 4) is 0 Å². The molecule has 0 aliphatic heterocycles. The van der Waals surface area contributed by atoms with Gasteiger partial charge >= 0.3 is 7.82 Å². The van der Waals surface area contributed by atoms with Crippen LogP contribution in [-0.4, -0.2) is 73.4 Å². The molecule has 0 spiro atoms. The summed E-state index contributed by atoms with van der Waals surface area (Å²) in [6.45, 7) is 4.80. The average molecular weight is 842 g/mol. The summed E-state index contributed by atoms with van der Waals surface area (Å²) in [4.78, 5) is 23.1. The molecular formula is C49H98N2O6P+. The number of unbranched alkanes of at least 4 members (excludes halogenated alkanes) is 30. The fraction of sp³-hybridized carbons (Fsp3) is 0.898. The first-order chi connectivity index (χ1) is 28.0. The second-order valence-electron chi connectivity index (χ2n) is 18.2. The van der Waals surface area contributed by atoms with Gasteiger partial charge in [0.1, 0.15) is 13.2 Å². The summed E-state index contributed by atoms with van der Waals surface area (Å²) in [6.07, 6.45) is 49.9. The van der Waals surface area contributed by atoms with Gasteiger partial charge in [0.05, 0.1) is 39.9 Å². The van der Waals surface area contributed by atoms with E-state index in [1.54, 1.807) is 6.08 Å². The molecule has 0 fully saturated rings. The molecule has 58 heavy (non-hydrogen) atoms. The lowest BCUT2D eigenvalue weighted by Crippen LogP contribution is -2.45. The van der Waals surface area contributed by atoms with Crippen LogP contribution < -0.4 is 5.32 Å². The van der Waals surface area contributed by atoms with Crippen molar-refractivity contribution >= 4 is 13.7 Å². The molecule has 0 aromatic heterocycles. The lowest BCUT2D eigenvalue weighted by molar-refractivity contribution is -0.870. The third kappa shape index (κ3) is 43.1. The van der Waals surface area contributed by atoms with E-state index in [1.165, 1.54) is 173 Å². The van der Waals surface area contributed by atoms with Crippen LogP contribution in [-0.2, 0) is 18.4 Å². The summed E-state index contributed by atoms with van der Waals surface area (Å²) in [5.74, 6) is -0.179. The minimum atomic E-state index is -4.33. The first kappa shape index (κ1) is 57.0. The number of aliphatic hydroxyl groups excluding tert-OH is 1. The number of carbonyl (C=O) groups excluding carboxylic acids is 1. The minimum Gasteiger partial charge on any atom is -0.387 e. The molecule has 3 unspecified atom stereocenters. The molecule has 0 aromatic rings. The molecule has 9 heteroatoms. The highest BCUT2D eigenvalue weighted by molar-refractivity contribution is 7.47. The van der Waals surface area contributed by atoms with E-state index in [0.29, 0.717) is 17.4 Å². The number of carbonyl (C=O) groups is 1. The number of phosphoric ester groups is 1. The van der Waals surface area contributed by atoms with Crippen LogP contribution in [0.25, 0.3) is 0 Å². The Labute approximate surface area is 360 Å². The van der Waals surface area contributed by atoms with Gasteiger partial charge in [0, 0.05) is 6.42 Å². The van der Waals surface area contributed by atoms with Gasteiger partial charge in [0.15, 0.2) is 0 Å². The molecule has 8 nitrogen and oxygen atoms in total. The van der Waals surface area contributed by atoms with Gasteiger partial charge < -0.3 is 19.8 Å². The fourth-order valence-electron chi connectivity index (χ4n) is 7.21. The smallest absolute Gasteiger partial charge is 0.387 e. The van der Waals surface area contributed by atoms with Gasteiger partial charge in [0.25, 0.3) is 0 Å². The van der Waals surface area contributed by atoms with Crippen LogP contribution in [0.1, 0.15) is 232 Å². The van der Waals surface area contributed by atoms with Crippen molar-refractivity contribution in [2.75, 3.05) is 40.9 Å². The van der Waals surface area contributed by atoms with E-state index in [2.05, 4.69) is 31.3 Å². The Morgan fingerprint density at radius 2 is 0.931 bits per heavy atom. The van der Waals surface area contributed by atoms with Gasteiger partial charge in [-0.05, 0) is 44.9 Å². The van der Waals surface area contributed by atoms with E-state index in [4.69, 9.17) is 9.05 Å². The summed E-state index contributed by atoms with van der Waals surface area (Å²) in [6, 6.07) is -0.842. The summed E-state index contributed by atoms with van der Waals surface area (Å²) in [5, 5.41) is 13.8. The Kier molecular flexibility index (Phi) is 40.6. The van der Waals surface area contributed by atoms with Gasteiger partial charge in [-0.2, -0.15) is 0 Å². The third-order valence-corrected chi connectivity index (χ3v) is 12.1. The Bertz CT molecular complexity index is 1000. The van der Waals surface area contributed by atoms with E-state index in [-0.39, 0.29) is 19.1 Å². The quantitative estimate of drug-likeness (QED) is 0.0244. The van der Waals surface area contributed by atoms with E-state index < -0.39 is 20.0 Å². The first-order valence-electron chi connectivity index (χ1n) is 24.7. The van der Waals surface area contributed by atoms with E-state index in [0.717, 1.165) is 38.5 Å². The predicted molar refractivity (Wildman–Crippen MR) is 249 cm³/mol. The highest BCUT2D eigenvalue weighted by atomic mass is 31.2. The van der Waals surface area contributed by atoms with Crippen molar-refractivity contribution in [1.82, 2.24) is 5.32 Å². The number of allylic oxidation sites excluding steroid dienone is 3. The number of nitrogens with one attached hydrogen (secondary N) is 1. The molecule has 3 atom stereocenters. The topological polar surface area (TPSA) is 105 Å². The molecule has 0 bridgehead atoms. The zero-order chi connectivity index (χ0) is 42.8. The van der Waals surface area contributed by atoms with Crippen molar-refractivity contribution in [3.05, 3.63) is 24.3 Å². The molecule has 0 aliphatic carbocycles. The van der Waals surface area contributed by atoms with Crippen molar-refractivity contribution in [3.63, 3.8) is 0 Å². The third-order valence-electron chi connectivity index (χ3n) is 11.2. The highest BCUT2D eigenvalue weighted by Crippen LogP contribution is 2.43. The minimum absolute atomic E-state index is 0.0623. The standard InChI is InChI=1S/C49H97N2O6P/c1-6-8-10-12-14-16-17-18-19-20-21-22-23-24-25-26-27-28-29-30-31-32-33-35-37-39-41-43-49(53)50-47(46-57-58(54,55)56-45-44-51(3,4)5)48(52)42-40-38-36-34-15-13-11-9-7-2/h24-25,40,42,47-48,52H,6-23,26-39,41,43-46H2,1-5H3,(H-,50,53,54,55)/p+1/b25-24-,42-40+. The second kappa shape index (κ2) is 41.3. The lowest BCUT2D eigenvalue weighted by atomic mass is 10.0. The molecule has 3 N–H and O–H groups in total. The number of nitrogens with zero attached hydrogens (tertiary/aromatic N) is 1. The van der Waals surface area contributed by atoms with Crippen molar-refractivity contribution < 1.29 is 32.9 Å². The SMILES string of the molecule is CCCCCCCCC/C=C/C(O)C(COP(=O)(O)OCC[N+](C)(C)C)NC(=O)CCCCCCCCCCCCC/C=C\CCCCCCCCCCCCCC. The number of hydrogen-bond acceptors (Lipinski definition) is 5. The molecule has 0 saturated carbocycles. The van der Waals surface area contributed by atoms with Crippen molar-refractivity contribution in [2.24, 2.45) is 0 Å². The van der Waals surface area contributed by atoms with Crippen molar-refractivity contribution in [2.45, 2.75) is 244 Å². The van der Waals surface area contributed by atoms with E-state index in [1.807, 2.05) is 27.2 Å². The van der Waals surface area contributed by atoms with E-state index >= 15 is 0 Å². The average Bonchev–Trinajstić information content (AvgIpc) is 3.17. The Balaban J connectivity index is 4.07. The highest BCUT2D eigenvalue weighted by Gasteiger charge is 2.27. The molecule has 0 aromatic carbocycles. The Morgan fingerprint density at radius 3 is 1.33 bits per heavy atom. The molecule has 1 amide bonds. The molecule has 344 valence electrons. The number of rotatable bonds is 45. The van der Waals surface area contributed by atoms with Crippen LogP contribution in [0, 0.1) is 0 Å². The number of hydrogen-bond donors (Lipinski definition) is 3. The first-order valence-corrected chi connectivity index (χ1v) is 26.2. The van der Waals surface area contributed by atoms with Crippen LogP contribution in [0.3, 0.4) is 0 Å². The zero-order valence-corrected chi connectivity index (χ0v) is 39.9. The van der Waals surface area contributed by atoms with Gasteiger partial charge in [0.2, 0.25) is 5.91 Å². The maximum Gasteiger partial charge on any atom is 0.472 e. The normalized spacial score (nSPS) is 14.4. The number of phosphoric acid groups is 1. The molecule has 0 heterocycles. The maximum atomic E-state index is 12.9. The summed E-state index contributed by atoms with van der Waals surface area (Å²) in [7, 11) is 1.57.